The van der Waals surface area contributed by atoms with Gasteiger partial charge in [0.05, 0.1) is 5.75 Å². The average Bonchev–Trinajstić information content (AvgIpc) is 2.98. The smallest absolute Gasteiger partial charge is 0.230 e. The Morgan fingerprint density at radius 2 is 2.12 bits per heavy atom. The molecule has 1 amide bonds. The molecular weight excluding hydrogens is 334 g/mol. The molecule has 3 aromatic rings. The fourth-order valence-electron chi connectivity index (χ4n) is 3.38. The lowest BCUT2D eigenvalue weighted by molar-refractivity contribution is -0.119. The number of amides is 1. The van der Waals surface area contributed by atoms with Crippen molar-refractivity contribution < 1.29 is 4.79 Å². The molecule has 0 aliphatic heterocycles. The van der Waals surface area contributed by atoms with E-state index in [1.54, 1.807) is 0 Å². The first-order valence-electron chi connectivity index (χ1n) is 8.74. The van der Waals surface area contributed by atoms with Crippen LogP contribution in [0.2, 0.25) is 0 Å². The van der Waals surface area contributed by atoms with Crippen molar-refractivity contribution in [1.29, 1.82) is 0 Å². The summed E-state index contributed by atoms with van der Waals surface area (Å²) in [4.78, 5) is 19.9. The second-order valence-electron chi connectivity index (χ2n) is 6.66. The maximum absolute atomic E-state index is 12.1. The van der Waals surface area contributed by atoms with Gasteiger partial charge in [0.2, 0.25) is 11.1 Å². The fraction of sp³-hybridized carbons (Fsp3) is 0.444. The molecule has 6 nitrogen and oxygen atoms in total. The van der Waals surface area contributed by atoms with E-state index in [9.17, 15) is 4.79 Å². The van der Waals surface area contributed by atoms with Crippen LogP contribution in [0.5, 0.6) is 0 Å². The number of benzene rings is 1. The molecule has 0 spiro atoms. The van der Waals surface area contributed by atoms with E-state index in [1.165, 1.54) is 36.6 Å². The Labute approximate surface area is 150 Å². The topological polar surface area (TPSA) is 83.6 Å². The SMILES string of the molecule is Cc1ccc2[nH]c3nc(SCC(=O)NC4CCCCC4)nnc3c2c1. The molecule has 1 fully saturated rings. The van der Waals surface area contributed by atoms with Crippen molar-refractivity contribution in [3.63, 3.8) is 0 Å². The number of hydrogen-bond acceptors (Lipinski definition) is 5. The second-order valence-corrected chi connectivity index (χ2v) is 7.60. The van der Waals surface area contributed by atoms with E-state index in [0.29, 0.717) is 22.6 Å². The predicted octanol–water partition coefficient (Wildman–Crippen LogP) is 3.36. The van der Waals surface area contributed by atoms with Crippen molar-refractivity contribution in [3.05, 3.63) is 23.8 Å². The van der Waals surface area contributed by atoms with Crippen molar-refractivity contribution >= 4 is 39.7 Å². The molecule has 2 heterocycles. The first-order valence-corrected chi connectivity index (χ1v) is 9.72. The molecule has 0 atom stereocenters. The van der Waals surface area contributed by atoms with Crippen molar-refractivity contribution in [2.24, 2.45) is 0 Å². The standard InChI is InChI=1S/C18H21N5OS/c1-11-7-8-14-13(9-11)16-17(20-14)21-18(23-22-16)25-10-15(24)19-12-5-3-2-4-6-12/h7-9,12H,2-6,10H2,1H3,(H,19,24)(H,20,21,23). The highest BCUT2D eigenvalue weighted by molar-refractivity contribution is 7.99. The summed E-state index contributed by atoms with van der Waals surface area (Å²) in [7, 11) is 0. The van der Waals surface area contributed by atoms with Gasteiger partial charge in [0.15, 0.2) is 5.65 Å². The molecule has 1 aliphatic rings. The molecule has 7 heteroatoms. The molecule has 25 heavy (non-hydrogen) atoms. The van der Waals surface area contributed by atoms with E-state index in [0.717, 1.165) is 29.3 Å². The van der Waals surface area contributed by atoms with E-state index in [2.05, 4.69) is 37.6 Å². The molecule has 2 N–H and O–H groups in total. The number of carbonyl (C=O) groups excluding carboxylic acids is 1. The van der Waals surface area contributed by atoms with Gasteiger partial charge in [-0.25, -0.2) is 4.98 Å². The van der Waals surface area contributed by atoms with Crippen LogP contribution in [0.15, 0.2) is 23.4 Å². The van der Waals surface area contributed by atoms with Crippen LogP contribution >= 0.6 is 11.8 Å². The quantitative estimate of drug-likeness (QED) is 0.701. The van der Waals surface area contributed by atoms with Gasteiger partial charge >= 0.3 is 0 Å². The Bertz CT molecular complexity index is 916. The van der Waals surface area contributed by atoms with Gasteiger partial charge in [0.25, 0.3) is 0 Å². The van der Waals surface area contributed by atoms with Crippen LogP contribution in [0.3, 0.4) is 0 Å². The number of hydrogen-bond donors (Lipinski definition) is 2. The molecule has 130 valence electrons. The molecule has 0 bridgehead atoms. The van der Waals surface area contributed by atoms with Gasteiger partial charge in [-0.1, -0.05) is 42.7 Å². The van der Waals surface area contributed by atoms with Gasteiger partial charge in [-0.2, -0.15) is 0 Å². The van der Waals surface area contributed by atoms with E-state index in [1.807, 2.05) is 13.0 Å². The Morgan fingerprint density at radius 3 is 2.96 bits per heavy atom. The van der Waals surface area contributed by atoms with Gasteiger partial charge in [-0.05, 0) is 31.9 Å². The molecule has 1 aliphatic carbocycles. The predicted molar refractivity (Wildman–Crippen MR) is 99.7 cm³/mol. The first kappa shape index (κ1) is 16.3. The molecule has 4 rings (SSSR count). The van der Waals surface area contributed by atoms with Crippen LogP contribution in [-0.2, 0) is 4.79 Å². The van der Waals surface area contributed by atoms with Gasteiger partial charge in [-0.3, -0.25) is 4.79 Å². The van der Waals surface area contributed by atoms with Crippen LogP contribution in [-0.4, -0.2) is 37.9 Å². The Hall–Kier alpha value is -2.15. The molecule has 2 aromatic heterocycles. The maximum Gasteiger partial charge on any atom is 0.230 e. The minimum absolute atomic E-state index is 0.0490. The molecule has 0 saturated heterocycles. The van der Waals surface area contributed by atoms with Gasteiger partial charge < -0.3 is 10.3 Å². The van der Waals surface area contributed by atoms with Crippen LogP contribution in [0.1, 0.15) is 37.7 Å². The van der Waals surface area contributed by atoms with Crippen molar-refractivity contribution in [2.75, 3.05) is 5.75 Å². The zero-order chi connectivity index (χ0) is 17.2. The summed E-state index contributed by atoms with van der Waals surface area (Å²) < 4.78 is 0. The third kappa shape index (κ3) is 3.61. The zero-order valence-corrected chi connectivity index (χ0v) is 15.0. The lowest BCUT2D eigenvalue weighted by atomic mass is 9.95. The van der Waals surface area contributed by atoms with Crippen LogP contribution in [0, 0.1) is 6.92 Å². The summed E-state index contributed by atoms with van der Waals surface area (Å²) in [5.41, 5.74) is 3.66. The second kappa shape index (κ2) is 7.00. The first-order chi connectivity index (χ1) is 12.2. The highest BCUT2D eigenvalue weighted by atomic mass is 32.2. The van der Waals surface area contributed by atoms with Crippen LogP contribution in [0.25, 0.3) is 22.1 Å². The lowest BCUT2D eigenvalue weighted by Crippen LogP contribution is -2.37. The number of thioether (sulfide) groups is 1. The number of nitrogens with one attached hydrogen (secondary N) is 2. The minimum Gasteiger partial charge on any atom is -0.353 e. The molecule has 0 unspecified atom stereocenters. The number of rotatable bonds is 4. The molecule has 0 radical (unpaired) electrons. The van der Waals surface area contributed by atoms with E-state index in [4.69, 9.17) is 0 Å². The summed E-state index contributed by atoms with van der Waals surface area (Å²) >= 11 is 1.33. The monoisotopic (exact) mass is 355 g/mol. The Balaban J connectivity index is 1.44. The molecule has 1 saturated carbocycles. The van der Waals surface area contributed by atoms with E-state index < -0.39 is 0 Å². The number of nitrogens with zero attached hydrogens (tertiary/aromatic N) is 3. The Morgan fingerprint density at radius 1 is 1.28 bits per heavy atom. The zero-order valence-electron chi connectivity index (χ0n) is 14.2. The van der Waals surface area contributed by atoms with Crippen molar-refractivity contribution in [2.45, 2.75) is 50.2 Å². The third-order valence-electron chi connectivity index (χ3n) is 4.65. The highest BCUT2D eigenvalue weighted by Gasteiger charge is 2.16. The summed E-state index contributed by atoms with van der Waals surface area (Å²) in [6, 6.07) is 6.49. The molecular formula is C18H21N5OS. The number of fused-ring (bicyclic) bond motifs is 3. The van der Waals surface area contributed by atoms with Gasteiger partial charge in [0, 0.05) is 16.9 Å². The number of H-pyrrole nitrogens is 1. The highest BCUT2D eigenvalue weighted by Crippen LogP contribution is 2.24. The number of aryl methyl sites for hydroxylation is 1. The minimum atomic E-state index is 0.0490. The van der Waals surface area contributed by atoms with Crippen LogP contribution < -0.4 is 5.32 Å². The largest absolute Gasteiger partial charge is 0.353 e. The van der Waals surface area contributed by atoms with Crippen LogP contribution in [0.4, 0.5) is 0 Å². The lowest BCUT2D eigenvalue weighted by Gasteiger charge is -2.22. The fourth-order valence-corrected chi connectivity index (χ4v) is 3.98. The average molecular weight is 355 g/mol. The summed E-state index contributed by atoms with van der Waals surface area (Å²) in [5.74, 6) is 0.371. The summed E-state index contributed by atoms with van der Waals surface area (Å²) in [6.07, 6.45) is 5.89. The van der Waals surface area contributed by atoms with E-state index in [-0.39, 0.29) is 5.91 Å². The van der Waals surface area contributed by atoms with Crippen molar-refractivity contribution in [1.82, 2.24) is 25.5 Å². The van der Waals surface area contributed by atoms with Gasteiger partial charge in [-0.15, -0.1) is 10.2 Å². The van der Waals surface area contributed by atoms with E-state index >= 15 is 0 Å². The van der Waals surface area contributed by atoms with Gasteiger partial charge in [0.1, 0.15) is 5.52 Å². The number of carbonyl (C=O) groups is 1. The molecule has 1 aromatic carbocycles. The summed E-state index contributed by atoms with van der Waals surface area (Å²) in [6.45, 7) is 2.05. The number of aromatic amines is 1. The Kier molecular flexibility index (Phi) is 4.57. The third-order valence-corrected chi connectivity index (χ3v) is 5.49. The summed E-state index contributed by atoms with van der Waals surface area (Å²) in [5, 5.41) is 13.1. The van der Waals surface area contributed by atoms with Crippen molar-refractivity contribution in [3.8, 4) is 0 Å². The maximum atomic E-state index is 12.1. The number of aromatic nitrogens is 4. The normalized spacial score (nSPS) is 15.7.